The standard InChI is InChI=1S/C25H34N2O4Si/c1-6-32(7-2,8-3)31-24-13-14-26-16-17(4)18-15-21(28)27(20-12-10-9-11-19(20)24)25(24,26)22(18)23(29)30-5/h9-12,18,22H,4,6-8,13-16H2,1-3,5H3/t18-,22?,24+,25?/m0/s1. The molecule has 3 saturated heterocycles. The van der Waals surface area contributed by atoms with Crippen LogP contribution in [0.25, 0.3) is 0 Å². The molecule has 0 radical (unpaired) electrons. The molecule has 0 aromatic heterocycles. The van der Waals surface area contributed by atoms with Crippen molar-refractivity contribution in [3.8, 4) is 0 Å². The van der Waals surface area contributed by atoms with Gasteiger partial charge in [-0.1, -0.05) is 51.1 Å². The van der Waals surface area contributed by atoms with Crippen molar-refractivity contribution < 1.29 is 18.8 Å². The third kappa shape index (κ3) is 2.37. The number of amides is 1. The van der Waals surface area contributed by atoms with Crippen molar-refractivity contribution in [2.75, 3.05) is 25.1 Å². The van der Waals surface area contributed by atoms with Crippen molar-refractivity contribution in [3.05, 3.63) is 42.0 Å². The molecule has 32 heavy (non-hydrogen) atoms. The number of carbonyl (C=O) groups excluding carboxylic acids is 2. The third-order valence-electron chi connectivity index (χ3n) is 8.91. The lowest BCUT2D eigenvalue weighted by molar-refractivity contribution is -0.174. The fourth-order valence-electron chi connectivity index (χ4n) is 7.25. The minimum Gasteiger partial charge on any atom is -0.469 e. The summed E-state index contributed by atoms with van der Waals surface area (Å²) in [5.74, 6) is -0.951. The summed E-state index contributed by atoms with van der Waals surface area (Å²) >= 11 is 0. The predicted molar refractivity (Wildman–Crippen MR) is 126 cm³/mol. The Morgan fingerprint density at radius 3 is 2.56 bits per heavy atom. The normalized spacial score (nSPS) is 33.3. The molecule has 7 heteroatoms. The zero-order valence-corrected chi connectivity index (χ0v) is 20.6. The monoisotopic (exact) mass is 454 g/mol. The number of methoxy groups -OCH3 is 1. The van der Waals surface area contributed by atoms with E-state index >= 15 is 0 Å². The van der Waals surface area contributed by atoms with Gasteiger partial charge in [0, 0.05) is 31.0 Å². The number of nitrogens with zero attached hydrogens (tertiary/aromatic N) is 2. The van der Waals surface area contributed by atoms with Gasteiger partial charge in [-0.3, -0.25) is 19.4 Å². The number of anilines is 1. The molecule has 1 spiro atoms. The van der Waals surface area contributed by atoms with Gasteiger partial charge in [0.1, 0.15) is 17.2 Å². The van der Waals surface area contributed by atoms with E-state index in [1.54, 1.807) is 0 Å². The number of piperidine rings is 2. The van der Waals surface area contributed by atoms with E-state index in [0.717, 1.165) is 47.9 Å². The summed E-state index contributed by atoms with van der Waals surface area (Å²) in [4.78, 5) is 31.5. The molecule has 2 bridgehead atoms. The first-order valence-electron chi connectivity index (χ1n) is 12.0. The smallest absolute Gasteiger partial charge is 0.313 e. The molecule has 5 rings (SSSR count). The van der Waals surface area contributed by atoms with Crippen LogP contribution in [0.15, 0.2) is 36.4 Å². The summed E-state index contributed by atoms with van der Waals surface area (Å²) in [6, 6.07) is 11.2. The van der Waals surface area contributed by atoms with E-state index in [1.807, 2.05) is 23.1 Å². The second kappa shape index (κ2) is 7.27. The Morgan fingerprint density at radius 2 is 1.91 bits per heavy atom. The molecular formula is C25H34N2O4Si. The number of hydrogen-bond acceptors (Lipinski definition) is 5. The van der Waals surface area contributed by atoms with Crippen LogP contribution >= 0.6 is 0 Å². The van der Waals surface area contributed by atoms with Gasteiger partial charge in [-0.25, -0.2) is 0 Å². The first kappa shape index (κ1) is 21.9. The lowest BCUT2D eigenvalue weighted by atomic mass is 9.64. The molecule has 0 N–H and O–H groups in total. The SMILES string of the molecule is C=C1CN2CC[C@@]3(O[Si](CC)(CC)CC)c4ccccc4N4C(=O)C[C@@H]1C(C(=O)OC)C243. The van der Waals surface area contributed by atoms with Gasteiger partial charge in [0.25, 0.3) is 0 Å². The zero-order valence-electron chi connectivity index (χ0n) is 19.6. The van der Waals surface area contributed by atoms with E-state index in [1.165, 1.54) is 7.11 Å². The molecule has 1 aromatic rings. The van der Waals surface area contributed by atoms with Crippen LogP contribution < -0.4 is 4.90 Å². The highest BCUT2D eigenvalue weighted by Crippen LogP contribution is 2.68. The number of benzene rings is 1. The molecule has 1 aromatic carbocycles. The maximum atomic E-state index is 13.7. The molecule has 1 amide bonds. The van der Waals surface area contributed by atoms with Gasteiger partial charge in [0.15, 0.2) is 8.32 Å². The lowest BCUT2D eigenvalue weighted by Crippen LogP contribution is -2.78. The molecule has 4 aliphatic rings. The summed E-state index contributed by atoms with van der Waals surface area (Å²) < 4.78 is 12.9. The van der Waals surface area contributed by atoms with E-state index < -0.39 is 25.5 Å². The highest BCUT2D eigenvalue weighted by Gasteiger charge is 2.79. The number of esters is 1. The Hall–Kier alpha value is -1.96. The Balaban J connectivity index is 1.83. The topological polar surface area (TPSA) is 59.1 Å². The average molecular weight is 455 g/mol. The van der Waals surface area contributed by atoms with Crippen molar-refractivity contribution in [1.29, 1.82) is 0 Å². The molecule has 3 fully saturated rings. The summed E-state index contributed by atoms with van der Waals surface area (Å²) in [7, 11) is -0.655. The zero-order chi connectivity index (χ0) is 22.9. The molecule has 4 atom stereocenters. The number of ether oxygens (including phenoxy) is 1. The van der Waals surface area contributed by atoms with E-state index in [4.69, 9.17) is 9.16 Å². The highest BCUT2D eigenvalue weighted by molar-refractivity contribution is 6.73. The molecule has 0 saturated carbocycles. The van der Waals surface area contributed by atoms with Crippen LogP contribution in [0.2, 0.25) is 18.1 Å². The predicted octanol–water partition coefficient (Wildman–Crippen LogP) is 4.03. The number of para-hydroxylation sites is 1. The third-order valence-corrected chi connectivity index (χ3v) is 13.6. The molecular weight excluding hydrogens is 420 g/mol. The molecule has 172 valence electrons. The minimum absolute atomic E-state index is 0.0533. The number of rotatable bonds is 6. The van der Waals surface area contributed by atoms with Gasteiger partial charge in [-0.05, 0) is 30.6 Å². The molecule has 0 aliphatic carbocycles. The fraction of sp³-hybridized carbons (Fsp3) is 0.600. The van der Waals surface area contributed by atoms with E-state index in [2.05, 4.69) is 38.3 Å². The van der Waals surface area contributed by atoms with E-state index in [0.29, 0.717) is 6.54 Å². The second-order valence-electron chi connectivity index (χ2n) is 9.79. The van der Waals surface area contributed by atoms with Crippen molar-refractivity contribution in [2.24, 2.45) is 11.8 Å². The quantitative estimate of drug-likeness (QED) is 0.369. The average Bonchev–Trinajstić information content (AvgIpc) is 3.24. The van der Waals surface area contributed by atoms with E-state index in [9.17, 15) is 9.59 Å². The van der Waals surface area contributed by atoms with Crippen LogP contribution in [-0.2, 0) is 24.4 Å². The van der Waals surface area contributed by atoms with Crippen molar-refractivity contribution in [2.45, 2.75) is 63.0 Å². The Kier molecular flexibility index (Phi) is 4.97. The number of hydrogen-bond donors (Lipinski definition) is 0. The molecule has 2 unspecified atom stereocenters. The van der Waals surface area contributed by atoms with Gasteiger partial charge in [-0.15, -0.1) is 0 Å². The van der Waals surface area contributed by atoms with Crippen LogP contribution in [-0.4, -0.2) is 51.0 Å². The maximum Gasteiger partial charge on any atom is 0.313 e. The number of fused-ring (bicyclic) bond motifs is 4. The first-order valence-corrected chi connectivity index (χ1v) is 14.5. The summed E-state index contributed by atoms with van der Waals surface area (Å²) in [5.41, 5.74) is 1.29. The van der Waals surface area contributed by atoms with Crippen molar-refractivity contribution in [1.82, 2.24) is 4.90 Å². The number of carbonyl (C=O) groups is 2. The largest absolute Gasteiger partial charge is 0.469 e. The maximum absolute atomic E-state index is 13.7. The lowest BCUT2D eigenvalue weighted by Gasteiger charge is -2.61. The second-order valence-corrected chi connectivity index (χ2v) is 14.5. The van der Waals surface area contributed by atoms with Gasteiger partial charge in [0.05, 0.1) is 12.8 Å². The van der Waals surface area contributed by atoms with Crippen molar-refractivity contribution >= 4 is 25.9 Å². The van der Waals surface area contributed by atoms with Crippen LogP contribution in [0, 0.1) is 11.8 Å². The van der Waals surface area contributed by atoms with Gasteiger partial charge < -0.3 is 9.16 Å². The van der Waals surface area contributed by atoms with E-state index in [-0.39, 0.29) is 24.2 Å². The minimum atomic E-state index is -2.11. The van der Waals surface area contributed by atoms with Crippen LogP contribution in [0.5, 0.6) is 0 Å². The Morgan fingerprint density at radius 1 is 1.22 bits per heavy atom. The highest BCUT2D eigenvalue weighted by atomic mass is 28.4. The molecule has 6 nitrogen and oxygen atoms in total. The Bertz CT molecular complexity index is 984. The van der Waals surface area contributed by atoms with Crippen molar-refractivity contribution in [3.63, 3.8) is 0 Å². The van der Waals surface area contributed by atoms with Crippen LogP contribution in [0.4, 0.5) is 5.69 Å². The van der Waals surface area contributed by atoms with Gasteiger partial charge >= 0.3 is 5.97 Å². The first-order chi connectivity index (χ1) is 15.4. The van der Waals surface area contributed by atoms with Gasteiger partial charge in [0.2, 0.25) is 5.91 Å². The molecule has 4 aliphatic heterocycles. The van der Waals surface area contributed by atoms with Crippen LogP contribution in [0.3, 0.4) is 0 Å². The Labute approximate surface area is 191 Å². The van der Waals surface area contributed by atoms with Gasteiger partial charge in [-0.2, -0.15) is 0 Å². The summed E-state index contributed by atoms with van der Waals surface area (Å²) in [6.45, 7) is 12.4. The summed E-state index contributed by atoms with van der Waals surface area (Å²) in [5, 5.41) is 0. The fourth-order valence-corrected chi connectivity index (χ4v) is 10.3. The summed E-state index contributed by atoms with van der Waals surface area (Å²) in [6.07, 6.45) is 1.05. The van der Waals surface area contributed by atoms with Crippen LogP contribution in [0.1, 0.15) is 39.2 Å². The molecule has 4 heterocycles.